The number of rotatable bonds is 6. The van der Waals surface area contributed by atoms with Crippen LogP contribution in [-0.2, 0) is 15.8 Å². The summed E-state index contributed by atoms with van der Waals surface area (Å²) >= 11 is 0. The van der Waals surface area contributed by atoms with Crippen molar-refractivity contribution in [3.8, 4) is 11.5 Å². The van der Waals surface area contributed by atoms with Gasteiger partial charge >= 0.3 is 0 Å². The number of methoxy groups -OCH3 is 2. The van der Waals surface area contributed by atoms with Gasteiger partial charge in [-0.15, -0.1) is 0 Å². The van der Waals surface area contributed by atoms with E-state index in [9.17, 15) is 12.8 Å². The van der Waals surface area contributed by atoms with Crippen LogP contribution in [-0.4, -0.2) is 22.6 Å². The molecule has 0 atom stereocenters. The van der Waals surface area contributed by atoms with Crippen molar-refractivity contribution < 1.29 is 22.3 Å². The maximum Gasteiger partial charge on any atom is 0.236 e. The Morgan fingerprint density at radius 1 is 1.00 bits per heavy atom. The molecule has 1 N–H and O–H groups in total. The fraction of sp³-hybridized carbons (Fsp3) is 0.200. The van der Waals surface area contributed by atoms with E-state index in [1.54, 1.807) is 12.1 Å². The summed E-state index contributed by atoms with van der Waals surface area (Å²) in [6.07, 6.45) is 0. The summed E-state index contributed by atoms with van der Waals surface area (Å²) in [5.41, 5.74) is 0.856. The Hall–Kier alpha value is -2.28. The predicted octanol–water partition coefficient (Wildman–Crippen LogP) is 2.78. The Morgan fingerprint density at radius 2 is 1.64 bits per heavy atom. The van der Waals surface area contributed by atoms with Gasteiger partial charge in [-0.1, -0.05) is 12.1 Å². The van der Waals surface area contributed by atoms with Crippen LogP contribution in [0.5, 0.6) is 11.5 Å². The van der Waals surface area contributed by atoms with E-state index in [2.05, 4.69) is 4.72 Å². The Morgan fingerprint density at radius 3 is 2.23 bits per heavy atom. The maximum atomic E-state index is 12.8. The van der Waals surface area contributed by atoms with E-state index in [0.717, 1.165) is 0 Å². The summed E-state index contributed by atoms with van der Waals surface area (Å²) in [4.78, 5) is 0. The fourth-order valence-corrected chi connectivity index (χ4v) is 3.10. The molecule has 2 aromatic carbocycles. The van der Waals surface area contributed by atoms with E-state index in [1.165, 1.54) is 44.6 Å². The molecular formula is C15H16FNO4S. The molecule has 118 valence electrons. The van der Waals surface area contributed by atoms with E-state index in [4.69, 9.17) is 9.47 Å². The quantitative estimate of drug-likeness (QED) is 0.887. The topological polar surface area (TPSA) is 64.6 Å². The minimum absolute atomic E-state index is 0.248. The van der Waals surface area contributed by atoms with E-state index >= 15 is 0 Å². The molecule has 0 unspecified atom stereocenters. The Balaban J connectivity index is 2.16. The molecule has 0 aliphatic rings. The van der Waals surface area contributed by atoms with Crippen molar-refractivity contribution >= 4 is 15.7 Å². The highest BCUT2D eigenvalue weighted by molar-refractivity contribution is 7.91. The van der Waals surface area contributed by atoms with Crippen LogP contribution in [0.3, 0.4) is 0 Å². The van der Waals surface area contributed by atoms with E-state index in [0.29, 0.717) is 22.7 Å². The van der Waals surface area contributed by atoms with Gasteiger partial charge in [0.1, 0.15) is 5.82 Å². The van der Waals surface area contributed by atoms with Gasteiger partial charge in [-0.05, 0) is 29.8 Å². The van der Waals surface area contributed by atoms with Gasteiger partial charge in [0.15, 0.2) is 11.5 Å². The first-order chi connectivity index (χ1) is 10.4. The van der Waals surface area contributed by atoms with Gasteiger partial charge in [0, 0.05) is 6.07 Å². The van der Waals surface area contributed by atoms with Gasteiger partial charge in [-0.25, -0.2) is 12.8 Å². The molecule has 5 nitrogen and oxygen atoms in total. The lowest BCUT2D eigenvalue weighted by atomic mass is 10.2. The summed E-state index contributed by atoms with van der Waals surface area (Å²) in [6, 6.07) is 10.0. The van der Waals surface area contributed by atoms with Gasteiger partial charge in [-0.2, -0.15) is 0 Å². The fourth-order valence-electron chi connectivity index (χ4n) is 1.92. The molecular weight excluding hydrogens is 309 g/mol. The molecule has 0 radical (unpaired) electrons. The molecule has 0 aliphatic carbocycles. The molecule has 0 fully saturated rings. The molecule has 0 saturated heterocycles. The van der Waals surface area contributed by atoms with Crippen molar-refractivity contribution in [2.75, 3.05) is 18.9 Å². The van der Waals surface area contributed by atoms with Crippen LogP contribution in [0.1, 0.15) is 5.56 Å². The van der Waals surface area contributed by atoms with Crippen LogP contribution < -0.4 is 14.2 Å². The summed E-state index contributed by atoms with van der Waals surface area (Å²) in [5.74, 6) is 0.268. The van der Waals surface area contributed by atoms with Crippen molar-refractivity contribution in [3.05, 3.63) is 53.8 Å². The molecule has 7 heteroatoms. The van der Waals surface area contributed by atoms with E-state index in [-0.39, 0.29) is 5.75 Å². The lowest BCUT2D eigenvalue weighted by Crippen LogP contribution is -2.15. The molecule has 0 aliphatic heterocycles. The standard InChI is InChI=1S/C15H16FNO4S/c1-20-14-8-7-13(9-15(14)21-2)17-22(18,19)10-11-3-5-12(16)6-4-11/h3-9,17H,10H2,1-2H3. The molecule has 22 heavy (non-hydrogen) atoms. The molecule has 0 bridgehead atoms. The number of hydrogen-bond donors (Lipinski definition) is 1. The van der Waals surface area contributed by atoms with Crippen LogP contribution in [0.25, 0.3) is 0 Å². The first-order valence-corrected chi connectivity index (χ1v) is 8.06. The third-order valence-corrected chi connectivity index (χ3v) is 4.19. The van der Waals surface area contributed by atoms with E-state index in [1.807, 2.05) is 0 Å². The lowest BCUT2D eigenvalue weighted by Gasteiger charge is -2.12. The number of ether oxygens (including phenoxy) is 2. The second-order valence-electron chi connectivity index (χ2n) is 4.56. The number of nitrogens with one attached hydrogen (secondary N) is 1. The molecule has 2 rings (SSSR count). The monoisotopic (exact) mass is 325 g/mol. The Kier molecular flexibility index (Phi) is 4.87. The lowest BCUT2D eigenvalue weighted by molar-refractivity contribution is 0.355. The Bertz CT molecular complexity index is 745. The average molecular weight is 325 g/mol. The SMILES string of the molecule is COc1ccc(NS(=O)(=O)Cc2ccc(F)cc2)cc1OC. The molecule has 0 amide bonds. The van der Waals surface area contributed by atoms with E-state index < -0.39 is 15.8 Å². The van der Waals surface area contributed by atoms with Crippen molar-refractivity contribution in [2.45, 2.75) is 5.75 Å². The third-order valence-electron chi connectivity index (χ3n) is 2.93. The third kappa shape index (κ3) is 4.11. The highest BCUT2D eigenvalue weighted by Crippen LogP contribution is 2.30. The summed E-state index contributed by atoms with van der Waals surface area (Å²) in [5, 5.41) is 0. The van der Waals surface area contributed by atoms with Crippen molar-refractivity contribution in [1.29, 1.82) is 0 Å². The summed E-state index contributed by atoms with van der Waals surface area (Å²) in [7, 11) is -0.651. The first kappa shape index (κ1) is 16.1. The molecule has 2 aromatic rings. The summed E-state index contributed by atoms with van der Waals surface area (Å²) < 4.78 is 49.8. The average Bonchev–Trinajstić information content (AvgIpc) is 2.48. The summed E-state index contributed by atoms with van der Waals surface area (Å²) in [6.45, 7) is 0. The maximum absolute atomic E-state index is 12.8. The number of halogens is 1. The highest BCUT2D eigenvalue weighted by atomic mass is 32.2. The van der Waals surface area contributed by atoms with Gasteiger partial charge in [0.25, 0.3) is 0 Å². The molecule has 0 spiro atoms. The number of benzene rings is 2. The zero-order valence-corrected chi connectivity index (χ0v) is 13.0. The van der Waals surface area contributed by atoms with Crippen LogP contribution in [0, 0.1) is 5.82 Å². The zero-order chi connectivity index (χ0) is 16.2. The van der Waals surface area contributed by atoms with Crippen LogP contribution in [0.4, 0.5) is 10.1 Å². The molecule has 0 aromatic heterocycles. The number of hydrogen-bond acceptors (Lipinski definition) is 4. The van der Waals surface area contributed by atoms with Crippen molar-refractivity contribution in [3.63, 3.8) is 0 Å². The molecule has 0 saturated carbocycles. The normalized spacial score (nSPS) is 11.0. The minimum atomic E-state index is -3.61. The van der Waals surface area contributed by atoms with Gasteiger partial charge in [-0.3, -0.25) is 4.72 Å². The molecule has 0 heterocycles. The van der Waals surface area contributed by atoms with Crippen LogP contribution in [0.15, 0.2) is 42.5 Å². The second kappa shape index (κ2) is 6.65. The first-order valence-electron chi connectivity index (χ1n) is 6.40. The van der Waals surface area contributed by atoms with Gasteiger partial charge in [0.2, 0.25) is 10.0 Å². The number of anilines is 1. The minimum Gasteiger partial charge on any atom is -0.493 e. The van der Waals surface area contributed by atoms with Gasteiger partial charge < -0.3 is 9.47 Å². The number of sulfonamides is 1. The highest BCUT2D eigenvalue weighted by Gasteiger charge is 2.13. The Labute approximate surface area is 128 Å². The second-order valence-corrected chi connectivity index (χ2v) is 6.28. The van der Waals surface area contributed by atoms with Crippen molar-refractivity contribution in [2.24, 2.45) is 0 Å². The van der Waals surface area contributed by atoms with Gasteiger partial charge in [0.05, 0.1) is 25.7 Å². The zero-order valence-electron chi connectivity index (χ0n) is 12.2. The largest absolute Gasteiger partial charge is 0.493 e. The smallest absolute Gasteiger partial charge is 0.236 e. The van der Waals surface area contributed by atoms with Crippen LogP contribution >= 0.6 is 0 Å². The van der Waals surface area contributed by atoms with Crippen molar-refractivity contribution in [1.82, 2.24) is 0 Å². The van der Waals surface area contributed by atoms with Crippen LogP contribution in [0.2, 0.25) is 0 Å². The predicted molar refractivity (Wildman–Crippen MR) is 82.2 cm³/mol.